The average molecular weight is 242 g/mol. The number of ether oxygens (including phenoxy) is 1. The van der Waals surface area contributed by atoms with Crippen molar-refractivity contribution in [2.24, 2.45) is 14.1 Å². The predicted molar refractivity (Wildman–Crippen MR) is 57.6 cm³/mol. The van der Waals surface area contributed by atoms with Crippen LogP contribution in [0, 0.1) is 0 Å². The van der Waals surface area contributed by atoms with Gasteiger partial charge in [-0.15, -0.1) is 0 Å². The summed E-state index contributed by atoms with van der Waals surface area (Å²) in [5.74, 6) is 0. The molecule has 0 radical (unpaired) electrons. The van der Waals surface area contributed by atoms with Crippen molar-refractivity contribution in [1.29, 1.82) is 0 Å². The monoisotopic (exact) mass is 242 g/mol. The molecular formula is C10H14N2O5. The minimum absolute atomic E-state index is 0.0299. The SMILES string of the molecule is Cn1cc(C2OC[C@@H](O)[C@H]2O)c(=O)n(C)c1=O. The molecular weight excluding hydrogens is 228 g/mol. The molecule has 1 aliphatic rings. The van der Waals surface area contributed by atoms with E-state index in [1.807, 2.05) is 0 Å². The van der Waals surface area contributed by atoms with Crippen molar-refractivity contribution >= 4 is 0 Å². The zero-order valence-electron chi connectivity index (χ0n) is 9.53. The summed E-state index contributed by atoms with van der Waals surface area (Å²) in [6.07, 6.45) is -1.73. The Hall–Kier alpha value is -1.44. The molecule has 1 saturated heterocycles. The lowest BCUT2D eigenvalue weighted by atomic mass is 10.1. The van der Waals surface area contributed by atoms with Gasteiger partial charge in [-0.1, -0.05) is 0 Å². The molecule has 7 heteroatoms. The van der Waals surface area contributed by atoms with E-state index >= 15 is 0 Å². The van der Waals surface area contributed by atoms with Gasteiger partial charge in [-0.25, -0.2) is 4.79 Å². The maximum atomic E-state index is 11.9. The minimum atomic E-state index is -1.15. The molecule has 0 saturated carbocycles. The molecule has 1 fully saturated rings. The van der Waals surface area contributed by atoms with Gasteiger partial charge in [-0.3, -0.25) is 9.36 Å². The van der Waals surface area contributed by atoms with Crippen LogP contribution in [0.25, 0.3) is 0 Å². The molecule has 1 unspecified atom stereocenters. The van der Waals surface area contributed by atoms with Crippen molar-refractivity contribution in [3.05, 3.63) is 32.6 Å². The van der Waals surface area contributed by atoms with Gasteiger partial charge in [0.05, 0.1) is 12.2 Å². The maximum Gasteiger partial charge on any atom is 0.330 e. The third-order valence-corrected chi connectivity index (χ3v) is 2.93. The Labute approximate surface area is 96.5 Å². The second kappa shape index (κ2) is 4.10. The van der Waals surface area contributed by atoms with Crippen LogP contribution in [0.3, 0.4) is 0 Å². The summed E-state index contributed by atoms with van der Waals surface area (Å²) in [4.78, 5) is 23.3. The smallest absolute Gasteiger partial charge is 0.330 e. The zero-order chi connectivity index (χ0) is 12.7. The highest BCUT2D eigenvalue weighted by Crippen LogP contribution is 2.26. The Balaban J connectivity index is 2.54. The molecule has 94 valence electrons. The second-order valence-corrected chi connectivity index (χ2v) is 4.15. The predicted octanol–water partition coefficient (Wildman–Crippen LogP) is -2.12. The summed E-state index contributed by atoms with van der Waals surface area (Å²) in [5.41, 5.74) is -0.809. The van der Waals surface area contributed by atoms with E-state index in [2.05, 4.69) is 0 Å². The van der Waals surface area contributed by atoms with E-state index in [1.165, 1.54) is 24.9 Å². The highest BCUT2D eigenvalue weighted by molar-refractivity contribution is 5.13. The third kappa shape index (κ3) is 1.82. The quantitative estimate of drug-likeness (QED) is 0.587. The molecule has 0 aromatic carbocycles. The van der Waals surface area contributed by atoms with Crippen molar-refractivity contribution in [1.82, 2.24) is 9.13 Å². The summed E-state index contributed by atoms with van der Waals surface area (Å²) in [7, 11) is 2.86. The minimum Gasteiger partial charge on any atom is -0.388 e. The van der Waals surface area contributed by atoms with Gasteiger partial charge in [0.25, 0.3) is 5.56 Å². The molecule has 1 aliphatic heterocycles. The first-order valence-corrected chi connectivity index (χ1v) is 5.17. The molecule has 1 aromatic heterocycles. The van der Waals surface area contributed by atoms with Crippen molar-refractivity contribution < 1.29 is 14.9 Å². The molecule has 0 aliphatic carbocycles. The van der Waals surface area contributed by atoms with Crippen LogP contribution in [-0.4, -0.2) is 38.2 Å². The van der Waals surface area contributed by atoms with Crippen LogP contribution in [-0.2, 0) is 18.8 Å². The normalized spacial score (nSPS) is 28.6. The Kier molecular flexibility index (Phi) is 2.90. The van der Waals surface area contributed by atoms with E-state index in [-0.39, 0.29) is 12.2 Å². The highest BCUT2D eigenvalue weighted by Gasteiger charge is 2.37. The summed E-state index contributed by atoms with van der Waals surface area (Å²) >= 11 is 0. The summed E-state index contributed by atoms with van der Waals surface area (Å²) in [6.45, 7) is -0.0299. The molecule has 0 amide bonds. The number of rotatable bonds is 1. The summed E-state index contributed by atoms with van der Waals surface area (Å²) < 4.78 is 7.34. The average Bonchev–Trinajstić information content (AvgIpc) is 2.62. The van der Waals surface area contributed by atoms with Gasteiger partial charge in [0.1, 0.15) is 18.3 Å². The Morgan fingerprint density at radius 2 is 2.00 bits per heavy atom. The number of nitrogens with zero attached hydrogens (tertiary/aromatic N) is 2. The lowest BCUT2D eigenvalue weighted by Crippen LogP contribution is -2.40. The van der Waals surface area contributed by atoms with Crippen LogP contribution in [0.5, 0.6) is 0 Å². The van der Waals surface area contributed by atoms with Crippen LogP contribution >= 0.6 is 0 Å². The van der Waals surface area contributed by atoms with Gasteiger partial charge in [0.2, 0.25) is 0 Å². The Morgan fingerprint density at radius 3 is 2.53 bits per heavy atom. The van der Waals surface area contributed by atoms with Crippen LogP contribution in [0.4, 0.5) is 0 Å². The number of aromatic nitrogens is 2. The van der Waals surface area contributed by atoms with Gasteiger partial charge in [-0.2, -0.15) is 0 Å². The lowest BCUT2D eigenvalue weighted by molar-refractivity contribution is 0.0213. The van der Waals surface area contributed by atoms with Crippen LogP contribution in [0.15, 0.2) is 15.8 Å². The largest absolute Gasteiger partial charge is 0.388 e. The fourth-order valence-electron chi connectivity index (χ4n) is 1.91. The van der Waals surface area contributed by atoms with E-state index in [0.717, 1.165) is 4.57 Å². The van der Waals surface area contributed by atoms with Gasteiger partial charge in [0.15, 0.2) is 0 Å². The molecule has 0 bridgehead atoms. The van der Waals surface area contributed by atoms with Crippen molar-refractivity contribution in [3.63, 3.8) is 0 Å². The third-order valence-electron chi connectivity index (χ3n) is 2.93. The second-order valence-electron chi connectivity index (χ2n) is 4.15. The molecule has 0 spiro atoms. The van der Waals surface area contributed by atoms with Crippen LogP contribution in [0.1, 0.15) is 11.7 Å². The first-order valence-electron chi connectivity index (χ1n) is 5.17. The molecule has 3 atom stereocenters. The van der Waals surface area contributed by atoms with Gasteiger partial charge in [-0.05, 0) is 0 Å². The lowest BCUT2D eigenvalue weighted by Gasteiger charge is -2.15. The first kappa shape index (κ1) is 12.0. The van der Waals surface area contributed by atoms with E-state index in [0.29, 0.717) is 0 Å². The topological polar surface area (TPSA) is 93.7 Å². The number of hydrogen-bond acceptors (Lipinski definition) is 5. The maximum absolute atomic E-state index is 11.9. The van der Waals surface area contributed by atoms with Crippen molar-refractivity contribution in [2.45, 2.75) is 18.3 Å². The van der Waals surface area contributed by atoms with Crippen molar-refractivity contribution in [3.8, 4) is 0 Å². The summed E-state index contributed by atoms with van der Waals surface area (Å²) in [6, 6.07) is 0. The molecule has 1 aromatic rings. The first-order chi connectivity index (χ1) is 7.93. The Morgan fingerprint density at radius 1 is 1.35 bits per heavy atom. The number of aliphatic hydroxyl groups is 2. The number of aliphatic hydroxyl groups excluding tert-OH is 2. The van der Waals surface area contributed by atoms with Crippen molar-refractivity contribution in [2.75, 3.05) is 6.61 Å². The van der Waals surface area contributed by atoms with E-state index in [4.69, 9.17) is 4.74 Å². The van der Waals surface area contributed by atoms with E-state index in [9.17, 15) is 19.8 Å². The molecule has 2 N–H and O–H groups in total. The molecule has 2 heterocycles. The zero-order valence-corrected chi connectivity index (χ0v) is 9.53. The highest BCUT2D eigenvalue weighted by atomic mass is 16.5. The van der Waals surface area contributed by atoms with Crippen LogP contribution in [0.2, 0.25) is 0 Å². The van der Waals surface area contributed by atoms with Crippen LogP contribution < -0.4 is 11.2 Å². The van der Waals surface area contributed by atoms with Gasteiger partial charge in [0, 0.05) is 20.3 Å². The Bertz CT molecular complexity index is 547. The summed E-state index contributed by atoms with van der Waals surface area (Å²) in [5, 5.41) is 19.0. The van der Waals surface area contributed by atoms with Gasteiger partial charge >= 0.3 is 5.69 Å². The van der Waals surface area contributed by atoms with Gasteiger partial charge < -0.3 is 19.5 Å². The van der Waals surface area contributed by atoms with E-state index in [1.54, 1.807) is 0 Å². The molecule has 17 heavy (non-hydrogen) atoms. The van der Waals surface area contributed by atoms with E-state index < -0.39 is 29.6 Å². The molecule has 2 rings (SSSR count). The standard InChI is InChI=1S/C10H14N2O5/c1-11-3-5(9(15)12(2)10(11)16)8-7(14)6(13)4-17-8/h3,6-8,13-14H,4H2,1-2H3/t6-,7-,8?/m1/s1. The fourth-order valence-corrected chi connectivity index (χ4v) is 1.91. The fraction of sp³-hybridized carbons (Fsp3) is 0.600. The molecule has 7 nitrogen and oxygen atoms in total. The number of hydrogen-bond donors (Lipinski definition) is 2. The number of aryl methyl sites for hydroxylation is 1.